The molecule has 3 heterocycles. The highest BCUT2D eigenvalue weighted by Crippen LogP contribution is 2.57. The van der Waals surface area contributed by atoms with Crippen molar-refractivity contribution in [2.75, 3.05) is 51.1 Å². The third-order valence-corrected chi connectivity index (χ3v) is 9.32. The predicted molar refractivity (Wildman–Crippen MR) is 180 cm³/mol. The second kappa shape index (κ2) is 11.6. The van der Waals surface area contributed by atoms with Crippen LogP contribution >= 0.6 is 11.3 Å². The summed E-state index contributed by atoms with van der Waals surface area (Å²) >= 11 is 1.32. The smallest absolute Gasteiger partial charge is 0.340 e. The number of carbonyl (C=O) groups is 2. The molecule has 5 aromatic rings. The molecule has 0 unspecified atom stereocenters. The number of carbonyl (C=O) groups excluding carboxylic acids is 2. The van der Waals surface area contributed by atoms with Gasteiger partial charge in [0, 0.05) is 80.5 Å². The lowest BCUT2D eigenvalue weighted by Crippen LogP contribution is -2.33. The molecule has 47 heavy (non-hydrogen) atoms. The Labute approximate surface area is 275 Å². The van der Waals surface area contributed by atoms with E-state index in [1.165, 1.54) is 11.3 Å². The van der Waals surface area contributed by atoms with Gasteiger partial charge in [-0.15, -0.1) is 11.3 Å². The van der Waals surface area contributed by atoms with Gasteiger partial charge in [0.05, 0.1) is 22.4 Å². The van der Waals surface area contributed by atoms with Crippen LogP contribution in [0.5, 0.6) is 17.2 Å². The first-order valence-corrected chi connectivity index (χ1v) is 15.9. The van der Waals surface area contributed by atoms with Crippen LogP contribution in [-0.2, 0) is 10.3 Å². The summed E-state index contributed by atoms with van der Waals surface area (Å²) in [5.74, 6) is 1.11. The number of nitriles is 1. The standard InChI is InChI=1S/C36H31N5O5S/c1-40(2)22-7-11-26-30(17-22)45-31-18-23(41(3)4)8-12-27(31)36(26)28-16-21(6-10-25(28)35(43)46-36)34(42)38-14-5-15-44-24-9-13-29-32(19-24)47-33(20-37)39-29/h6-13,16-19H,5,14-15H2,1-4H3,(H,38,42). The first-order chi connectivity index (χ1) is 22.7. The molecular formula is C36H31N5O5S. The molecule has 1 aromatic heterocycles. The molecule has 1 N–H and O–H groups in total. The van der Waals surface area contributed by atoms with Crippen molar-refractivity contribution < 1.29 is 23.8 Å². The van der Waals surface area contributed by atoms with Crippen LogP contribution < -0.4 is 24.6 Å². The molecule has 11 heteroatoms. The van der Waals surface area contributed by atoms with Crippen LogP contribution in [0.15, 0.2) is 72.8 Å². The number of nitrogens with one attached hydrogen (secondary N) is 1. The average Bonchev–Trinajstić information content (AvgIpc) is 3.62. The summed E-state index contributed by atoms with van der Waals surface area (Å²) in [7, 11) is 7.81. The van der Waals surface area contributed by atoms with E-state index in [4.69, 9.17) is 19.5 Å². The van der Waals surface area contributed by atoms with Crippen molar-refractivity contribution in [3.63, 3.8) is 0 Å². The molecule has 1 spiro atoms. The van der Waals surface area contributed by atoms with E-state index in [0.29, 0.717) is 69.6 Å². The van der Waals surface area contributed by atoms with E-state index in [9.17, 15) is 9.59 Å². The topological polar surface area (TPSA) is 117 Å². The van der Waals surface area contributed by atoms with E-state index in [1.54, 1.807) is 18.2 Å². The number of rotatable bonds is 8. The molecule has 0 radical (unpaired) electrons. The summed E-state index contributed by atoms with van der Waals surface area (Å²) in [4.78, 5) is 35.0. The van der Waals surface area contributed by atoms with Gasteiger partial charge in [0.2, 0.25) is 0 Å². The molecule has 0 bridgehead atoms. The van der Waals surface area contributed by atoms with E-state index in [0.717, 1.165) is 21.6 Å². The first kappa shape index (κ1) is 30.1. The minimum absolute atomic E-state index is 0.268. The fourth-order valence-corrected chi connectivity index (χ4v) is 6.80. The number of benzene rings is 4. The SMILES string of the molecule is CN(C)c1ccc2c(c1)Oc1cc(N(C)C)ccc1C21OC(=O)c2ccc(C(=O)NCCCOc3ccc4nc(C#N)sc4c3)cc21. The number of amides is 1. The number of aromatic nitrogens is 1. The second-order valence-electron chi connectivity index (χ2n) is 11.8. The summed E-state index contributed by atoms with van der Waals surface area (Å²) in [6.45, 7) is 0.779. The van der Waals surface area contributed by atoms with Crippen LogP contribution in [0.1, 0.15) is 48.8 Å². The van der Waals surface area contributed by atoms with Crippen LogP contribution in [0.2, 0.25) is 0 Å². The van der Waals surface area contributed by atoms with E-state index >= 15 is 0 Å². The third-order valence-electron chi connectivity index (χ3n) is 8.40. The van der Waals surface area contributed by atoms with Crippen molar-refractivity contribution >= 4 is 44.8 Å². The quantitative estimate of drug-likeness (QED) is 0.159. The van der Waals surface area contributed by atoms with Crippen LogP contribution in [0.3, 0.4) is 0 Å². The highest BCUT2D eigenvalue weighted by atomic mass is 32.1. The van der Waals surface area contributed by atoms with Gasteiger partial charge in [-0.2, -0.15) is 5.26 Å². The third kappa shape index (κ3) is 5.16. The van der Waals surface area contributed by atoms with Crippen LogP contribution in [-0.4, -0.2) is 58.2 Å². The van der Waals surface area contributed by atoms with E-state index in [2.05, 4.69) is 16.4 Å². The maximum atomic E-state index is 13.4. The van der Waals surface area contributed by atoms with Gasteiger partial charge < -0.3 is 29.3 Å². The van der Waals surface area contributed by atoms with Crippen LogP contribution in [0.25, 0.3) is 10.2 Å². The summed E-state index contributed by atoms with van der Waals surface area (Å²) in [5, 5.41) is 12.5. The molecule has 0 atom stereocenters. The summed E-state index contributed by atoms with van der Waals surface area (Å²) < 4.78 is 19.5. The lowest BCUT2D eigenvalue weighted by Gasteiger charge is -2.37. The fraction of sp³-hybridized carbons (Fsp3) is 0.222. The number of ether oxygens (including phenoxy) is 3. The predicted octanol–water partition coefficient (Wildman–Crippen LogP) is 6.07. The summed E-state index contributed by atoms with van der Waals surface area (Å²) in [5.41, 5.74) is 4.14. The molecular weight excluding hydrogens is 614 g/mol. The number of fused-ring (bicyclic) bond motifs is 7. The van der Waals surface area contributed by atoms with Crippen LogP contribution in [0.4, 0.5) is 11.4 Å². The molecule has 236 valence electrons. The fourth-order valence-electron chi connectivity index (χ4n) is 6.01. The Morgan fingerprint density at radius 3 is 2.30 bits per heavy atom. The molecule has 1 amide bonds. The minimum atomic E-state index is -1.29. The molecule has 0 saturated carbocycles. The van der Waals surface area contributed by atoms with Gasteiger partial charge in [-0.1, -0.05) is 0 Å². The van der Waals surface area contributed by atoms with E-state index in [1.807, 2.05) is 92.6 Å². The molecule has 4 aromatic carbocycles. The molecule has 2 aliphatic rings. The van der Waals surface area contributed by atoms with Crippen molar-refractivity contribution in [3.8, 4) is 23.3 Å². The van der Waals surface area contributed by atoms with Gasteiger partial charge in [0.1, 0.15) is 23.3 Å². The number of hydrogen-bond donors (Lipinski definition) is 1. The molecule has 10 nitrogen and oxygen atoms in total. The minimum Gasteiger partial charge on any atom is -0.493 e. The van der Waals surface area contributed by atoms with Gasteiger partial charge in [-0.25, -0.2) is 9.78 Å². The maximum Gasteiger partial charge on any atom is 0.340 e. The van der Waals surface area contributed by atoms with Crippen LogP contribution in [0, 0.1) is 11.3 Å². The molecule has 0 fully saturated rings. The Bertz CT molecular complexity index is 2060. The van der Waals surface area contributed by atoms with Crippen molar-refractivity contribution in [1.29, 1.82) is 5.26 Å². The normalized spacial score (nSPS) is 13.6. The van der Waals surface area contributed by atoms with E-state index < -0.39 is 11.6 Å². The Hall–Kier alpha value is -5.60. The molecule has 2 aliphatic heterocycles. The monoisotopic (exact) mass is 645 g/mol. The number of hydrogen-bond acceptors (Lipinski definition) is 10. The molecule has 0 saturated heterocycles. The molecule has 0 aliphatic carbocycles. The summed E-state index contributed by atoms with van der Waals surface area (Å²) in [6.07, 6.45) is 0.576. The van der Waals surface area contributed by atoms with Gasteiger partial charge >= 0.3 is 5.97 Å². The van der Waals surface area contributed by atoms with Crippen molar-refractivity contribution in [2.24, 2.45) is 0 Å². The zero-order valence-electron chi connectivity index (χ0n) is 26.3. The Kier molecular flexibility index (Phi) is 7.45. The first-order valence-electron chi connectivity index (χ1n) is 15.1. The number of thiazole rings is 1. The van der Waals surface area contributed by atoms with Crippen molar-refractivity contribution in [2.45, 2.75) is 12.0 Å². The Balaban J connectivity index is 1.14. The zero-order chi connectivity index (χ0) is 32.9. The van der Waals surface area contributed by atoms with Crippen molar-refractivity contribution in [3.05, 3.63) is 106 Å². The highest BCUT2D eigenvalue weighted by molar-refractivity contribution is 7.19. The number of anilines is 2. The van der Waals surface area contributed by atoms with Gasteiger partial charge in [0.15, 0.2) is 10.6 Å². The largest absolute Gasteiger partial charge is 0.493 e. The lowest BCUT2D eigenvalue weighted by molar-refractivity contribution is 0.0224. The maximum absolute atomic E-state index is 13.4. The van der Waals surface area contributed by atoms with Gasteiger partial charge in [-0.05, 0) is 67.1 Å². The second-order valence-corrected chi connectivity index (χ2v) is 12.8. The van der Waals surface area contributed by atoms with Gasteiger partial charge in [-0.3, -0.25) is 4.79 Å². The zero-order valence-corrected chi connectivity index (χ0v) is 27.1. The Morgan fingerprint density at radius 1 is 0.936 bits per heavy atom. The van der Waals surface area contributed by atoms with Crippen molar-refractivity contribution in [1.82, 2.24) is 10.3 Å². The molecule has 7 rings (SSSR count). The highest BCUT2D eigenvalue weighted by Gasteiger charge is 2.54. The van der Waals surface area contributed by atoms with E-state index in [-0.39, 0.29) is 5.91 Å². The summed E-state index contributed by atoms with van der Waals surface area (Å²) in [6, 6.07) is 24.3. The average molecular weight is 646 g/mol. The Morgan fingerprint density at radius 2 is 1.64 bits per heavy atom. The lowest BCUT2D eigenvalue weighted by atomic mass is 9.77. The number of esters is 1. The number of nitrogens with zero attached hydrogens (tertiary/aromatic N) is 4. The van der Waals surface area contributed by atoms with Gasteiger partial charge in [0.25, 0.3) is 5.91 Å².